The number of aromatic amines is 1. The first-order valence-electron chi connectivity index (χ1n) is 10.6. The predicted molar refractivity (Wildman–Crippen MR) is 116 cm³/mol. The van der Waals surface area contributed by atoms with Gasteiger partial charge in [0.05, 0.1) is 18.4 Å². The van der Waals surface area contributed by atoms with E-state index < -0.39 is 23.3 Å². The van der Waals surface area contributed by atoms with Crippen LogP contribution in [0.5, 0.6) is 0 Å². The number of aromatic nitrogens is 2. The summed E-state index contributed by atoms with van der Waals surface area (Å²) in [6.45, 7) is 6.55. The second-order valence-electron chi connectivity index (χ2n) is 9.00. The van der Waals surface area contributed by atoms with Crippen molar-refractivity contribution in [3.8, 4) is 0 Å². The summed E-state index contributed by atoms with van der Waals surface area (Å²) in [5.74, 6) is 0. The van der Waals surface area contributed by atoms with Crippen molar-refractivity contribution in [3.63, 3.8) is 0 Å². The third-order valence-corrected chi connectivity index (χ3v) is 5.67. The molecule has 1 saturated heterocycles. The monoisotopic (exact) mass is 455 g/mol. The Hall–Kier alpha value is -2.49. The summed E-state index contributed by atoms with van der Waals surface area (Å²) >= 11 is 6.05. The first kappa shape index (κ1) is 23.2. The van der Waals surface area contributed by atoms with Gasteiger partial charge in [-0.25, -0.2) is 14.7 Å². The molecule has 172 valence electrons. The molecule has 1 aromatic rings. The number of anilines is 1. The smallest absolute Gasteiger partial charge is 0.407 e. The highest BCUT2D eigenvalue weighted by Gasteiger charge is 2.30. The molecule has 1 aliphatic heterocycles. The summed E-state index contributed by atoms with van der Waals surface area (Å²) in [6.07, 6.45) is 4.00. The standard InChI is InChI=1S/C20H30ClN5O5/c1-20(2,3)31-19(29)24-13-6-4-12(5-7-13)23-18(28)30-14-8-9-26(11-14)15-10-22-25-17(27)16(15)21/h10,12-14H,4-9,11H2,1-3H3,(H,23,28)(H,24,29)(H,25,27)/t12?,13?,14-/m1/s1. The van der Waals surface area contributed by atoms with E-state index in [1.807, 2.05) is 25.7 Å². The molecule has 1 saturated carbocycles. The van der Waals surface area contributed by atoms with Gasteiger partial charge >= 0.3 is 12.2 Å². The summed E-state index contributed by atoms with van der Waals surface area (Å²) in [5.41, 5.74) is -0.439. The van der Waals surface area contributed by atoms with Crippen molar-refractivity contribution in [2.75, 3.05) is 18.0 Å². The predicted octanol–water partition coefficient (Wildman–Crippen LogP) is 2.56. The molecule has 0 unspecified atom stereocenters. The molecule has 31 heavy (non-hydrogen) atoms. The minimum absolute atomic E-state index is 0.00743. The van der Waals surface area contributed by atoms with Crippen molar-refractivity contribution in [1.29, 1.82) is 0 Å². The summed E-state index contributed by atoms with van der Waals surface area (Å²) in [6, 6.07) is 0.0488. The number of alkyl carbamates (subject to hydrolysis) is 2. The van der Waals surface area contributed by atoms with Gasteiger partial charge < -0.3 is 25.0 Å². The maximum atomic E-state index is 12.3. The lowest BCUT2D eigenvalue weighted by Gasteiger charge is -2.30. The maximum Gasteiger partial charge on any atom is 0.407 e. The van der Waals surface area contributed by atoms with E-state index in [1.54, 1.807) is 0 Å². The fourth-order valence-corrected chi connectivity index (χ4v) is 4.06. The highest BCUT2D eigenvalue weighted by atomic mass is 35.5. The van der Waals surface area contributed by atoms with Gasteiger partial charge in [-0.05, 0) is 46.5 Å². The Labute approximate surface area is 186 Å². The molecule has 11 heteroatoms. The number of halogens is 1. The van der Waals surface area contributed by atoms with Crippen molar-refractivity contribution >= 4 is 29.5 Å². The molecule has 1 atom stereocenters. The highest BCUT2D eigenvalue weighted by Crippen LogP contribution is 2.26. The van der Waals surface area contributed by atoms with Crippen LogP contribution in [-0.2, 0) is 9.47 Å². The Morgan fingerprint density at radius 3 is 2.35 bits per heavy atom. The zero-order valence-corrected chi connectivity index (χ0v) is 18.8. The molecule has 0 aromatic carbocycles. The Bertz CT molecular complexity index is 847. The van der Waals surface area contributed by atoms with Crippen LogP contribution in [0.15, 0.2) is 11.0 Å². The molecule has 10 nitrogen and oxygen atoms in total. The quantitative estimate of drug-likeness (QED) is 0.636. The number of rotatable bonds is 4. The second-order valence-corrected chi connectivity index (χ2v) is 9.38. The van der Waals surface area contributed by atoms with E-state index in [-0.39, 0.29) is 23.2 Å². The van der Waals surface area contributed by atoms with Crippen LogP contribution in [0.1, 0.15) is 52.9 Å². The average molecular weight is 456 g/mol. The van der Waals surface area contributed by atoms with Gasteiger partial charge in [0.15, 0.2) is 0 Å². The fraction of sp³-hybridized carbons (Fsp3) is 0.700. The first-order chi connectivity index (χ1) is 14.6. The van der Waals surface area contributed by atoms with Crippen LogP contribution < -0.4 is 21.1 Å². The zero-order chi connectivity index (χ0) is 22.6. The number of nitrogens with zero attached hydrogens (tertiary/aromatic N) is 2. The molecule has 2 fully saturated rings. The molecule has 0 spiro atoms. The average Bonchev–Trinajstić information content (AvgIpc) is 3.12. The van der Waals surface area contributed by atoms with Crippen LogP contribution in [0.2, 0.25) is 5.02 Å². The van der Waals surface area contributed by atoms with Crippen molar-refractivity contribution in [3.05, 3.63) is 21.6 Å². The van der Waals surface area contributed by atoms with Gasteiger partial charge in [0.2, 0.25) is 0 Å². The minimum atomic E-state index is -0.527. The summed E-state index contributed by atoms with van der Waals surface area (Å²) in [5, 5.41) is 11.9. The van der Waals surface area contributed by atoms with E-state index in [9.17, 15) is 14.4 Å². The molecule has 3 rings (SSSR count). The number of hydrogen-bond acceptors (Lipinski definition) is 7. The van der Waals surface area contributed by atoms with Gasteiger partial charge in [-0.1, -0.05) is 11.6 Å². The summed E-state index contributed by atoms with van der Waals surface area (Å²) in [7, 11) is 0. The van der Waals surface area contributed by atoms with Crippen LogP contribution in [0.25, 0.3) is 0 Å². The molecule has 1 aliphatic carbocycles. The van der Waals surface area contributed by atoms with Crippen molar-refractivity contribution in [1.82, 2.24) is 20.8 Å². The summed E-state index contributed by atoms with van der Waals surface area (Å²) in [4.78, 5) is 37.7. The molecule has 2 heterocycles. The van der Waals surface area contributed by atoms with Crippen molar-refractivity contribution in [2.45, 2.75) is 76.7 Å². The molecular formula is C20H30ClN5O5. The van der Waals surface area contributed by atoms with E-state index in [0.29, 0.717) is 25.2 Å². The second kappa shape index (κ2) is 9.76. The van der Waals surface area contributed by atoms with Crippen LogP contribution in [0.4, 0.5) is 15.3 Å². The van der Waals surface area contributed by atoms with Gasteiger partial charge in [0.25, 0.3) is 5.56 Å². The molecule has 3 N–H and O–H groups in total. The molecule has 2 amide bonds. The molecular weight excluding hydrogens is 426 g/mol. The van der Waals surface area contributed by atoms with E-state index >= 15 is 0 Å². The van der Waals surface area contributed by atoms with Crippen LogP contribution in [0.3, 0.4) is 0 Å². The number of nitrogens with one attached hydrogen (secondary N) is 3. The van der Waals surface area contributed by atoms with E-state index in [4.69, 9.17) is 21.1 Å². The lowest BCUT2D eigenvalue weighted by molar-refractivity contribution is 0.0487. The Kier molecular flexibility index (Phi) is 7.30. The van der Waals surface area contributed by atoms with E-state index in [1.165, 1.54) is 6.20 Å². The third-order valence-electron chi connectivity index (χ3n) is 5.31. The number of carbonyl (C=O) groups is 2. The molecule has 2 aliphatic rings. The first-order valence-corrected chi connectivity index (χ1v) is 10.9. The maximum absolute atomic E-state index is 12.3. The number of H-pyrrole nitrogens is 1. The Morgan fingerprint density at radius 1 is 1.13 bits per heavy atom. The zero-order valence-electron chi connectivity index (χ0n) is 18.1. The molecule has 0 radical (unpaired) electrons. The topological polar surface area (TPSA) is 126 Å². The third kappa shape index (κ3) is 6.75. The highest BCUT2D eigenvalue weighted by molar-refractivity contribution is 6.33. The van der Waals surface area contributed by atoms with Crippen LogP contribution >= 0.6 is 11.6 Å². The number of hydrogen-bond donors (Lipinski definition) is 3. The van der Waals surface area contributed by atoms with Gasteiger partial charge in [-0.2, -0.15) is 5.10 Å². The van der Waals surface area contributed by atoms with Crippen LogP contribution in [0, 0.1) is 0 Å². The fourth-order valence-electron chi connectivity index (χ4n) is 3.85. The number of ether oxygens (including phenoxy) is 2. The SMILES string of the molecule is CC(C)(C)OC(=O)NC1CCC(NC(=O)O[C@@H]2CCN(c3cn[nH]c(=O)c3Cl)C2)CC1. The Morgan fingerprint density at radius 2 is 1.74 bits per heavy atom. The van der Waals surface area contributed by atoms with Crippen molar-refractivity contribution < 1.29 is 19.1 Å². The minimum Gasteiger partial charge on any atom is -0.444 e. The Balaban J connectivity index is 1.39. The number of carbonyl (C=O) groups excluding carboxylic acids is 2. The number of amides is 2. The van der Waals surface area contributed by atoms with Crippen molar-refractivity contribution in [2.24, 2.45) is 0 Å². The lowest BCUT2D eigenvalue weighted by atomic mass is 9.91. The summed E-state index contributed by atoms with van der Waals surface area (Å²) < 4.78 is 10.8. The van der Waals surface area contributed by atoms with E-state index in [0.717, 1.165) is 25.7 Å². The van der Waals surface area contributed by atoms with Crippen LogP contribution in [-0.4, -0.2) is 59.3 Å². The van der Waals surface area contributed by atoms with Gasteiger partial charge in [0, 0.05) is 25.0 Å². The molecule has 0 bridgehead atoms. The largest absolute Gasteiger partial charge is 0.444 e. The van der Waals surface area contributed by atoms with Gasteiger partial charge in [-0.3, -0.25) is 4.79 Å². The normalized spacial score (nSPS) is 23.9. The van der Waals surface area contributed by atoms with Gasteiger partial charge in [0.1, 0.15) is 16.7 Å². The molecule has 1 aromatic heterocycles. The van der Waals surface area contributed by atoms with Gasteiger partial charge in [-0.15, -0.1) is 0 Å². The van der Waals surface area contributed by atoms with E-state index in [2.05, 4.69) is 20.8 Å². The lowest BCUT2D eigenvalue weighted by Crippen LogP contribution is -2.45.